The molecule has 3 atom stereocenters. The Morgan fingerprint density at radius 2 is 2.15 bits per heavy atom. The lowest BCUT2D eigenvalue weighted by Gasteiger charge is -2.38. The van der Waals surface area contributed by atoms with Gasteiger partial charge < -0.3 is 14.8 Å². The van der Waals surface area contributed by atoms with Crippen molar-refractivity contribution < 1.29 is 9.47 Å². The van der Waals surface area contributed by atoms with Crippen LogP contribution in [0.2, 0.25) is 0 Å². The molecule has 1 aliphatic heterocycles. The van der Waals surface area contributed by atoms with Crippen molar-refractivity contribution in [3.8, 4) is 5.75 Å². The van der Waals surface area contributed by atoms with Crippen LogP contribution in [0.1, 0.15) is 25.5 Å². The summed E-state index contributed by atoms with van der Waals surface area (Å²) in [6, 6.07) is 8.94. The fourth-order valence-electron chi connectivity index (χ4n) is 2.76. The maximum absolute atomic E-state index is 5.70. The maximum atomic E-state index is 5.70. The van der Waals surface area contributed by atoms with Gasteiger partial charge in [0.15, 0.2) is 0 Å². The number of likely N-dealkylation sites (N-methyl/N-ethyl adjacent to an activating group) is 1. The first kappa shape index (κ1) is 15.3. The first-order chi connectivity index (χ1) is 9.65. The SMILES string of the molecule is CNC(CN1CC(C)OCC1C)c1ccccc1OC. The highest BCUT2D eigenvalue weighted by molar-refractivity contribution is 5.36. The Labute approximate surface area is 122 Å². The zero-order valence-electron chi connectivity index (χ0n) is 12.9. The third-order valence-electron chi connectivity index (χ3n) is 4.02. The van der Waals surface area contributed by atoms with E-state index < -0.39 is 0 Å². The van der Waals surface area contributed by atoms with Crippen molar-refractivity contribution in [3.05, 3.63) is 29.8 Å². The molecule has 0 bridgehead atoms. The minimum Gasteiger partial charge on any atom is -0.496 e. The highest BCUT2D eigenvalue weighted by atomic mass is 16.5. The number of methoxy groups -OCH3 is 1. The lowest BCUT2D eigenvalue weighted by molar-refractivity contribution is -0.0520. The van der Waals surface area contributed by atoms with Gasteiger partial charge in [-0.2, -0.15) is 0 Å². The van der Waals surface area contributed by atoms with E-state index in [-0.39, 0.29) is 6.04 Å². The van der Waals surface area contributed by atoms with Crippen molar-refractivity contribution in [2.24, 2.45) is 0 Å². The molecule has 4 nitrogen and oxygen atoms in total. The van der Waals surface area contributed by atoms with Crippen LogP contribution in [0.25, 0.3) is 0 Å². The average Bonchev–Trinajstić information content (AvgIpc) is 2.48. The van der Waals surface area contributed by atoms with Gasteiger partial charge in [0.1, 0.15) is 5.75 Å². The van der Waals surface area contributed by atoms with E-state index in [1.807, 2.05) is 19.2 Å². The third kappa shape index (κ3) is 3.51. The van der Waals surface area contributed by atoms with Crippen LogP contribution in [-0.4, -0.2) is 50.9 Å². The number of para-hydroxylation sites is 1. The summed E-state index contributed by atoms with van der Waals surface area (Å²) < 4.78 is 11.2. The molecule has 0 amide bonds. The largest absolute Gasteiger partial charge is 0.496 e. The minimum absolute atomic E-state index is 0.263. The van der Waals surface area contributed by atoms with Gasteiger partial charge in [-0.25, -0.2) is 0 Å². The first-order valence-corrected chi connectivity index (χ1v) is 7.31. The van der Waals surface area contributed by atoms with Gasteiger partial charge in [0.05, 0.1) is 19.8 Å². The summed E-state index contributed by atoms with van der Waals surface area (Å²) in [7, 11) is 3.73. The second-order valence-corrected chi connectivity index (χ2v) is 5.53. The molecule has 0 aromatic heterocycles. The molecule has 112 valence electrons. The molecule has 1 aromatic rings. The monoisotopic (exact) mass is 278 g/mol. The molecular weight excluding hydrogens is 252 g/mol. The standard InChI is InChI=1S/C16H26N2O2/c1-12-11-20-13(2)9-18(12)10-15(17-3)14-7-5-6-8-16(14)19-4/h5-8,12-13,15,17H,9-11H2,1-4H3. The van der Waals surface area contributed by atoms with Gasteiger partial charge in [-0.1, -0.05) is 18.2 Å². The Kier molecular flexibility index (Phi) is 5.40. The van der Waals surface area contributed by atoms with E-state index in [4.69, 9.17) is 9.47 Å². The zero-order chi connectivity index (χ0) is 14.5. The fraction of sp³-hybridized carbons (Fsp3) is 0.625. The van der Waals surface area contributed by atoms with Gasteiger partial charge in [-0.15, -0.1) is 0 Å². The quantitative estimate of drug-likeness (QED) is 0.894. The van der Waals surface area contributed by atoms with Crippen LogP contribution in [0.3, 0.4) is 0 Å². The van der Waals surface area contributed by atoms with Crippen LogP contribution < -0.4 is 10.1 Å². The fourth-order valence-corrected chi connectivity index (χ4v) is 2.76. The Balaban J connectivity index is 2.12. The summed E-state index contributed by atoms with van der Waals surface area (Å²) >= 11 is 0. The normalized spacial score (nSPS) is 25.4. The van der Waals surface area contributed by atoms with E-state index in [9.17, 15) is 0 Å². The molecule has 1 fully saturated rings. The number of benzene rings is 1. The highest BCUT2D eigenvalue weighted by Gasteiger charge is 2.26. The Morgan fingerprint density at radius 1 is 1.40 bits per heavy atom. The summed E-state index contributed by atoms with van der Waals surface area (Å²) in [6.45, 7) is 7.11. The van der Waals surface area contributed by atoms with E-state index >= 15 is 0 Å². The molecule has 1 aliphatic rings. The van der Waals surface area contributed by atoms with E-state index in [0.717, 1.165) is 25.4 Å². The number of ether oxygens (including phenoxy) is 2. The van der Waals surface area contributed by atoms with Gasteiger partial charge >= 0.3 is 0 Å². The number of morpholine rings is 1. The van der Waals surface area contributed by atoms with Crippen molar-refractivity contribution in [2.75, 3.05) is 33.9 Å². The molecular formula is C16H26N2O2. The lowest BCUT2D eigenvalue weighted by atomic mass is 10.0. The van der Waals surface area contributed by atoms with Crippen LogP contribution in [0.4, 0.5) is 0 Å². The lowest BCUT2D eigenvalue weighted by Crippen LogP contribution is -2.49. The minimum atomic E-state index is 0.263. The highest BCUT2D eigenvalue weighted by Crippen LogP contribution is 2.26. The number of nitrogens with zero attached hydrogens (tertiary/aromatic N) is 1. The number of hydrogen-bond donors (Lipinski definition) is 1. The van der Waals surface area contributed by atoms with Crippen molar-refractivity contribution in [2.45, 2.75) is 32.0 Å². The van der Waals surface area contributed by atoms with Crippen molar-refractivity contribution in [1.29, 1.82) is 0 Å². The van der Waals surface area contributed by atoms with Gasteiger partial charge in [0, 0.05) is 30.7 Å². The summed E-state index contributed by atoms with van der Waals surface area (Å²) in [5.41, 5.74) is 1.21. The number of hydrogen-bond acceptors (Lipinski definition) is 4. The topological polar surface area (TPSA) is 33.7 Å². The molecule has 3 unspecified atom stereocenters. The summed E-state index contributed by atoms with van der Waals surface area (Å²) in [6.07, 6.45) is 0.307. The van der Waals surface area contributed by atoms with Gasteiger partial charge in [0.2, 0.25) is 0 Å². The second kappa shape index (κ2) is 7.07. The van der Waals surface area contributed by atoms with Crippen LogP contribution in [0.5, 0.6) is 5.75 Å². The van der Waals surface area contributed by atoms with Gasteiger partial charge in [-0.3, -0.25) is 4.90 Å². The molecule has 1 N–H and O–H groups in total. The molecule has 1 aromatic carbocycles. The molecule has 0 saturated carbocycles. The molecule has 0 radical (unpaired) electrons. The smallest absolute Gasteiger partial charge is 0.123 e. The molecule has 0 aliphatic carbocycles. The molecule has 0 spiro atoms. The van der Waals surface area contributed by atoms with Crippen LogP contribution >= 0.6 is 0 Å². The van der Waals surface area contributed by atoms with Crippen LogP contribution in [-0.2, 0) is 4.74 Å². The average molecular weight is 278 g/mol. The number of nitrogens with one attached hydrogen (secondary N) is 1. The maximum Gasteiger partial charge on any atom is 0.123 e. The predicted octanol–water partition coefficient (Wildman–Crippen LogP) is 2.06. The zero-order valence-corrected chi connectivity index (χ0v) is 12.9. The van der Waals surface area contributed by atoms with Gasteiger partial charge in [-0.05, 0) is 27.0 Å². The molecule has 4 heteroatoms. The Morgan fingerprint density at radius 3 is 2.85 bits per heavy atom. The van der Waals surface area contributed by atoms with Crippen molar-refractivity contribution in [3.63, 3.8) is 0 Å². The Hall–Kier alpha value is -1.10. The second-order valence-electron chi connectivity index (χ2n) is 5.53. The van der Waals surface area contributed by atoms with E-state index in [1.54, 1.807) is 7.11 Å². The van der Waals surface area contributed by atoms with Crippen molar-refractivity contribution in [1.82, 2.24) is 10.2 Å². The van der Waals surface area contributed by atoms with E-state index in [0.29, 0.717) is 12.1 Å². The third-order valence-corrected chi connectivity index (χ3v) is 4.02. The summed E-state index contributed by atoms with van der Waals surface area (Å²) in [5.74, 6) is 0.945. The first-order valence-electron chi connectivity index (χ1n) is 7.31. The summed E-state index contributed by atoms with van der Waals surface area (Å²) in [5, 5.41) is 3.41. The molecule has 1 saturated heterocycles. The van der Waals surface area contributed by atoms with Gasteiger partial charge in [0.25, 0.3) is 0 Å². The summed E-state index contributed by atoms with van der Waals surface area (Å²) in [4.78, 5) is 2.49. The van der Waals surface area contributed by atoms with Crippen LogP contribution in [0, 0.1) is 0 Å². The molecule has 20 heavy (non-hydrogen) atoms. The van der Waals surface area contributed by atoms with Crippen molar-refractivity contribution >= 4 is 0 Å². The molecule has 1 heterocycles. The number of rotatable bonds is 5. The van der Waals surface area contributed by atoms with E-state index in [2.05, 4.69) is 36.2 Å². The van der Waals surface area contributed by atoms with E-state index in [1.165, 1.54) is 5.56 Å². The molecule has 2 rings (SSSR count). The predicted molar refractivity (Wildman–Crippen MR) is 81.2 cm³/mol. The Bertz CT molecular complexity index is 425. The van der Waals surface area contributed by atoms with Crippen LogP contribution in [0.15, 0.2) is 24.3 Å².